The summed E-state index contributed by atoms with van der Waals surface area (Å²) in [6.45, 7) is 2.95. The van der Waals surface area contributed by atoms with Crippen LogP contribution < -0.4 is 5.32 Å². The maximum atomic E-state index is 12.6. The Balaban J connectivity index is 1.87. The fourth-order valence-electron chi connectivity index (χ4n) is 2.53. The van der Waals surface area contributed by atoms with Crippen molar-refractivity contribution in [2.75, 3.05) is 13.2 Å². The molecule has 0 saturated carbocycles. The molecule has 1 aromatic heterocycles. The molecule has 1 N–H and O–H groups in total. The summed E-state index contributed by atoms with van der Waals surface area (Å²) in [5.41, 5.74) is 0.766. The number of aryl methyl sites for hydroxylation is 1. The highest BCUT2D eigenvalue weighted by molar-refractivity contribution is 6.31. The van der Waals surface area contributed by atoms with Gasteiger partial charge in [-0.25, -0.2) is 0 Å². The van der Waals surface area contributed by atoms with Gasteiger partial charge in [0.2, 0.25) is 6.39 Å². The first kappa shape index (κ1) is 15.0. The van der Waals surface area contributed by atoms with Crippen molar-refractivity contribution in [3.05, 3.63) is 46.6 Å². The molecule has 0 atom stereocenters. The van der Waals surface area contributed by atoms with Crippen LogP contribution in [0, 0.1) is 6.92 Å². The van der Waals surface area contributed by atoms with Crippen molar-refractivity contribution in [3.63, 3.8) is 0 Å². The second-order valence-corrected chi connectivity index (χ2v) is 5.77. The fraction of sp³-hybridized carbons (Fsp3) is 0.400. The van der Waals surface area contributed by atoms with Crippen LogP contribution in [0.15, 0.2) is 29.1 Å². The number of aromatic nitrogens is 2. The lowest BCUT2D eigenvalue weighted by molar-refractivity contribution is 0.0306. The van der Waals surface area contributed by atoms with Gasteiger partial charge in [0.05, 0.1) is 0 Å². The molecule has 3 rings (SSSR count). The quantitative estimate of drug-likeness (QED) is 0.939. The van der Waals surface area contributed by atoms with Gasteiger partial charge < -0.3 is 14.6 Å². The molecule has 1 aliphatic heterocycles. The van der Waals surface area contributed by atoms with E-state index in [4.69, 9.17) is 20.9 Å². The number of nitrogens with one attached hydrogen (secondary N) is 1. The monoisotopic (exact) mass is 321 g/mol. The Bertz CT molecular complexity index is 667. The Hall–Kier alpha value is -1.92. The molecule has 7 heteroatoms. The summed E-state index contributed by atoms with van der Waals surface area (Å²) in [6, 6.07) is 5.23. The Morgan fingerprint density at radius 1 is 1.36 bits per heavy atom. The minimum atomic E-state index is -0.667. The summed E-state index contributed by atoms with van der Waals surface area (Å²) >= 11 is 6.10. The summed E-state index contributed by atoms with van der Waals surface area (Å²) < 4.78 is 10.2. The van der Waals surface area contributed by atoms with Gasteiger partial charge >= 0.3 is 0 Å². The number of nitrogens with zero attached hydrogens (tertiary/aromatic N) is 2. The van der Waals surface area contributed by atoms with Gasteiger partial charge in [-0.3, -0.25) is 4.79 Å². The van der Waals surface area contributed by atoms with Gasteiger partial charge in [0.25, 0.3) is 5.91 Å². The van der Waals surface area contributed by atoms with E-state index in [9.17, 15) is 4.79 Å². The van der Waals surface area contributed by atoms with E-state index in [2.05, 4.69) is 15.5 Å². The summed E-state index contributed by atoms with van der Waals surface area (Å²) in [5, 5.41) is 7.51. The van der Waals surface area contributed by atoms with Gasteiger partial charge in [-0.2, -0.15) is 4.98 Å². The van der Waals surface area contributed by atoms with Crippen LogP contribution in [0.3, 0.4) is 0 Å². The topological polar surface area (TPSA) is 77.3 Å². The SMILES string of the molecule is Cc1ccc(C(=O)NC2(c3ncon3)CCOCC2)cc1Cl. The second-order valence-electron chi connectivity index (χ2n) is 5.37. The van der Waals surface area contributed by atoms with Crippen LogP contribution in [-0.4, -0.2) is 29.3 Å². The molecule has 0 radical (unpaired) electrons. The molecule has 0 unspecified atom stereocenters. The highest BCUT2D eigenvalue weighted by atomic mass is 35.5. The molecule has 2 aromatic rings. The third-order valence-corrected chi connectivity index (χ3v) is 4.33. The van der Waals surface area contributed by atoms with E-state index in [0.717, 1.165) is 5.56 Å². The molecule has 1 saturated heterocycles. The van der Waals surface area contributed by atoms with Gasteiger partial charge in [-0.15, -0.1) is 0 Å². The van der Waals surface area contributed by atoms with E-state index in [1.807, 2.05) is 13.0 Å². The Morgan fingerprint density at radius 2 is 2.14 bits per heavy atom. The number of ether oxygens (including phenoxy) is 1. The molecule has 0 bridgehead atoms. The van der Waals surface area contributed by atoms with Crippen LogP contribution in [0.2, 0.25) is 5.02 Å². The highest BCUT2D eigenvalue weighted by Crippen LogP contribution is 2.30. The first-order valence-electron chi connectivity index (χ1n) is 7.04. The first-order valence-corrected chi connectivity index (χ1v) is 7.42. The van der Waals surface area contributed by atoms with E-state index < -0.39 is 5.54 Å². The molecule has 0 spiro atoms. The van der Waals surface area contributed by atoms with Crippen LogP contribution in [0.4, 0.5) is 0 Å². The van der Waals surface area contributed by atoms with Crippen LogP contribution in [0.1, 0.15) is 34.6 Å². The number of carbonyl (C=O) groups excluding carboxylic acids is 1. The second kappa shape index (κ2) is 6.06. The molecule has 6 nitrogen and oxygen atoms in total. The van der Waals surface area contributed by atoms with E-state index in [1.165, 1.54) is 6.39 Å². The fourth-order valence-corrected chi connectivity index (χ4v) is 2.71. The van der Waals surface area contributed by atoms with E-state index >= 15 is 0 Å². The van der Waals surface area contributed by atoms with Crippen molar-refractivity contribution >= 4 is 17.5 Å². The number of halogens is 1. The predicted octanol–water partition coefficient (Wildman–Crippen LogP) is 2.47. The summed E-state index contributed by atoms with van der Waals surface area (Å²) in [6.07, 6.45) is 2.46. The highest BCUT2D eigenvalue weighted by Gasteiger charge is 2.40. The predicted molar refractivity (Wildman–Crippen MR) is 79.7 cm³/mol. The molecule has 2 heterocycles. The maximum Gasteiger partial charge on any atom is 0.252 e. The molecule has 1 aromatic carbocycles. The molecule has 1 aliphatic rings. The number of hydrogen-bond acceptors (Lipinski definition) is 5. The lowest BCUT2D eigenvalue weighted by atomic mass is 9.88. The van der Waals surface area contributed by atoms with Crippen molar-refractivity contribution in [1.82, 2.24) is 15.5 Å². The average Bonchev–Trinajstić information content (AvgIpc) is 3.06. The van der Waals surface area contributed by atoms with E-state index in [0.29, 0.717) is 42.5 Å². The minimum absolute atomic E-state index is 0.214. The largest absolute Gasteiger partial charge is 0.381 e. The summed E-state index contributed by atoms with van der Waals surface area (Å²) in [5.74, 6) is 0.260. The molecule has 1 amide bonds. The van der Waals surface area contributed by atoms with Crippen LogP contribution in [-0.2, 0) is 10.3 Å². The molecule has 0 aliphatic carbocycles. The maximum absolute atomic E-state index is 12.6. The zero-order valence-corrected chi connectivity index (χ0v) is 12.9. The number of carbonyl (C=O) groups is 1. The van der Waals surface area contributed by atoms with Crippen molar-refractivity contribution in [2.45, 2.75) is 25.3 Å². The Kier molecular flexibility index (Phi) is 4.13. The van der Waals surface area contributed by atoms with Crippen LogP contribution >= 0.6 is 11.6 Å². The zero-order chi connectivity index (χ0) is 15.6. The van der Waals surface area contributed by atoms with Crippen molar-refractivity contribution in [2.24, 2.45) is 0 Å². The Morgan fingerprint density at radius 3 is 2.77 bits per heavy atom. The van der Waals surface area contributed by atoms with Crippen molar-refractivity contribution in [3.8, 4) is 0 Å². The average molecular weight is 322 g/mol. The van der Waals surface area contributed by atoms with Gasteiger partial charge in [0.1, 0.15) is 5.54 Å². The van der Waals surface area contributed by atoms with Gasteiger partial charge in [-0.1, -0.05) is 22.8 Å². The molecular weight excluding hydrogens is 306 g/mol. The van der Waals surface area contributed by atoms with Crippen LogP contribution in [0.5, 0.6) is 0 Å². The lowest BCUT2D eigenvalue weighted by Gasteiger charge is -2.35. The van der Waals surface area contributed by atoms with Crippen LogP contribution in [0.25, 0.3) is 0 Å². The smallest absolute Gasteiger partial charge is 0.252 e. The first-order chi connectivity index (χ1) is 10.6. The van der Waals surface area contributed by atoms with Crippen molar-refractivity contribution in [1.29, 1.82) is 0 Å². The minimum Gasteiger partial charge on any atom is -0.381 e. The number of amides is 1. The lowest BCUT2D eigenvalue weighted by Crippen LogP contribution is -2.50. The zero-order valence-electron chi connectivity index (χ0n) is 12.1. The van der Waals surface area contributed by atoms with Crippen molar-refractivity contribution < 1.29 is 14.1 Å². The normalized spacial score (nSPS) is 17.2. The Labute approximate surface area is 132 Å². The summed E-state index contributed by atoms with van der Waals surface area (Å²) in [7, 11) is 0. The molecule has 22 heavy (non-hydrogen) atoms. The van der Waals surface area contributed by atoms with Gasteiger partial charge in [0.15, 0.2) is 5.82 Å². The third-order valence-electron chi connectivity index (χ3n) is 3.92. The van der Waals surface area contributed by atoms with E-state index in [1.54, 1.807) is 12.1 Å². The molecule has 116 valence electrons. The molecule has 1 fully saturated rings. The van der Waals surface area contributed by atoms with E-state index in [-0.39, 0.29) is 5.91 Å². The third kappa shape index (κ3) is 2.84. The number of benzene rings is 1. The molecular formula is C15H16ClN3O3. The summed E-state index contributed by atoms with van der Waals surface area (Å²) in [4.78, 5) is 16.7. The van der Waals surface area contributed by atoms with Gasteiger partial charge in [-0.05, 0) is 24.6 Å². The standard InChI is InChI=1S/C15H16ClN3O3/c1-10-2-3-11(8-12(10)16)13(20)18-15(4-6-21-7-5-15)14-17-9-22-19-14/h2-3,8-9H,4-7H2,1H3,(H,18,20). The number of hydrogen-bond donors (Lipinski definition) is 1. The number of rotatable bonds is 3. The van der Waals surface area contributed by atoms with Gasteiger partial charge in [0, 0.05) is 36.6 Å².